The largest absolute Gasteiger partial charge is 0.449 e. The minimum atomic E-state index is 0.180. The third-order valence-electron chi connectivity index (χ3n) is 2.18. The molecule has 1 rings (SSSR count). The Balaban J connectivity index is 2.39. The molecule has 0 fully saturated rings. The summed E-state index contributed by atoms with van der Waals surface area (Å²) in [6, 6.07) is 5.67. The molecule has 16 heavy (non-hydrogen) atoms. The van der Waals surface area contributed by atoms with Crippen LogP contribution in [0.25, 0.3) is 0 Å². The van der Waals surface area contributed by atoms with Crippen molar-refractivity contribution < 1.29 is 9.52 Å². The molecule has 0 aliphatic carbocycles. The number of thioether (sulfide) groups is 1. The lowest BCUT2D eigenvalue weighted by atomic mass is 10.2. The van der Waals surface area contributed by atoms with Gasteiger partial charge in [-0.15, -0.1) is 0 Å². The molecule has 88 valence electrons. The molecule has 0 aromatic carbocycles. The standard InChI is InChI=1S/C11H16N2O2S/c1-16-8-9(4-5-14)13-7-11-3-2-10(6-12)15-11/h2-3,9,13-14H,4-5,7-8H2,1H3. The molecule has 0 aliphatic heterocycles. The van der Waals surface area contributed by atoms with Crippen molar-refractivity contribution in [3.63, 3.8) is 0 Å². The second-order valence-corrected chi connectivity index (χ2v) is 4.33. The van der Waals surface area contributed by atoms with Crippen molar-refractivity contribution in [2.45, 2.75) is 19.0 Å². The van der Waals surface area contributed by atoms with Crippen LogP contribution in [-0.2, 0) is 6.54 Å². The number of hydrogen-bond donors (Lipinski definition) is 2. The van der Waals surface area contributed by atoms with E-state index in [2.05, 4.69) is 5.32 Å². The summed E-state index contributed by atoms with van der Waals surface area (Å²) in [5, 5.41) is 20.8. The van der Waals surface area contributed by atoms with Gasteiger partial charge in [0, 0.05) is 18.4 Å². The average Bonchev–Trinajstić information content (AvgIpc) is 2.74. The summed E-state index contributed by atoms with van der Waals surface area (Å²) in [6.07, 6.45) is 2.76. The van der Waals surface area contributed by atoms with Crippen LogP contribution in [0.5, 0.6) is 0 Å². The maximum Gasteiger partial charge on any atom is 0.203 e. The highest BCUT2D eigenvalue weighted by atomic mass is 32.2. The van der Waals surface area contributed by atoms with Crippen molar-refractivity contribution in [2.75, 3.05) is 18.6 Å². The van der Waals surface area contributed by atoms with Crippen molar-refractivity contribution in [3.8, 4) is 6.07 Å². The molecule has 0 amide bonds. The van der Waals surface area contributed by atoms with Gasteiger partial charge in [-0.1, -0.05) is 0 Å². The first-order valence-electron chi connectivity index (χ1n) is 5.12. The Morgan fingerprint density at radius 3 is 3.00 bits per heavy atom. The Labute approximate surface area is 99.6 Å². The molecule has 0 spiro atoms. The molecule has 0 bridgehead atoms. The normalized spacial score (nSPS) is 12.3. The summed E-state index contributed by atoms with van der Waals surface area (Å²) in [5.74, 6) is 2.03. The van der Waals surface area contributed by atoms with Crippen LogP contribution in [0.15, 0.2) is 16.5 Å². The number of nitrogens with one attached hydrogen (secondary N) is 1. The van der Waals surface area contributed by atoms with Crippen LogP contribution in [0.3, 0.4) is 0 Å². The fraction of sp³-hybridized carbons (Fsp3) is 0.545. The van der Waals surface area contributed by atoms with Crippen molar-refractivity contribution in [2.24, 2.45) is 0 Å². The number of nitrogens with zero attached hydrogens (tertiary/aromatic N) is 1. The minimum Gasteiger partial charge on any atom is -0.449 e. The Kier molecular flexibility index (Phi) is 6.01. The lowest BCUT2D eigenvalue weighted by Gasteiger charge is -2.15. The molecule has 1 aromatic heterocycles. The molecule has 4 nitrogen and oxygen atoms in total. The molecule has 2 N–H and O–H groups in total. The van der Waals surface area contributed by atoms with Gasteiger partial charge < -0.3 is 14.8 Å². The van der Waals surface area contributed by atoms with Crippen LogP contribution in [0, 0.1) is 11.3 Å². The first-order chi connectivity index (χ1) is 7.80. The summed E-state index contributed by atoms with van der Waals surface area (Å²) in [5.41, 5.74) is 0. The van der Waals surface area contributed by atoms with Gasteiger partial charge in [0.25, 0.3) is 0 Å². The van der Waals surface area contributed by atoms with E-state index >= 15 is 0 Å². The van der Waals surface area contributed by atoms with Gasteiger partial charge in [0.05, 0.1) is 6.54 Å². The molecule has 0 saturated carbocycles. The number of rotatable bonds is 7. The minimum absolute atomic E-state index is 0.180. The summed E-state index contributed by atoms with van der Waals surface area (Å²) in [7, 11) is 0. The molecule has 1 atom stereocenters. The maximum absolute atomic E-state index is 8.89. The zero-order valence-corrected chi connectivity index (χ0v) is 10.1. The van der Waals surface area contributed by atoms with Crippen LogP contribution < -0.4 is 5.32 Å². The molecular weight excluding hydrogens is 224 g/mol. The summed E-state index contributed by atoms with van der Waals surface area (Å²) < 4.78 is 5.25. The highest BCUT2D eigenvalue weighted by molar-refractivity contribution is 7.98. The first kappa shape index (κ1) is 13.1. The number of aliphatic hydroxyl groups excluding tert-OH is 1. The highest BCUT2D eigenvalue weighted by Crippen LogP contribution is 2.08. The van der Waals surface area contributed by atoms with Crippen molar-refractivity contribution in [3.05, 3.63) is 23.7 Å². The molecule has 0 aliphatic rings. The van der Waals surface area contributed by atoms with Crippen LogP contribution in [0.1, 0.15) is 17.9 Å². The second-order valence-electron chi connectivity index (χ2n) is 3.42. The highest BCUT2D eigenvalue weighted by Gasteiger charge is 2.08. The Morgan fingerprint density at radius 1 is 1.62 bits per heavy atom. The Morgan fingerprint density at radius 2 is 2.44 bits per heavy atom. The van der Waals surface area contributed by atoms with E-state index in [4.69, 9.17) is 14.8 Å². The maximum atomic E-state index is 8.89. The van der Waals surface area contributed by atoms with Gasteiger partial charge >= 0.3 is 0 Å². The molecule has 0 saturated heterocycles. The average molecular weight is 240 g/mol. The quantitative estimate of drug-likeness (QED) is 0.753. The lowest BCUT2D eigenvalue weighted by molar-refractivity contribution is 0.268. The monoisotopic (exact) mass is 240 g/mol. The van der Waals surface area contributed by atoms with E-state index in [-0.39, 0.29) is 12.6 Å². The van der Waals surface area contributed by atoms with E-state index in [1.165, 1.54) is 0 Å². The van der Waals surface area contributed by atoms with Gasteiger partial charge in [-0.05, 0) is 24.8 Å². The van der Waals surface area contributed by atoms with E-state index < -0.39 is 0 Å². The Bertz CT molecular complexity index is 340. The third kappa shape index (κ3) is 4.27. The summed E-state index contributed by atoms with van der Waals surface area (Å²) >= 11 is 1.74. The second kappa shape index (κ2) is 7.34. The molecule has 1 unspecified atom stereocenters. The Hall–Kier alpha value is -0.960. The van der Waals surface area contributed by atoms with Gasteiger partial charge in [-0.25, -0.2) is 0 Å². The number of aliphatic hydroxyl groups is 1. The van der Waals surface area contributed by atoms with E-state index in [9.17, 15) is 0 Å². The fourth-order valence-corrected chi connectivity index (χ4v) is 2.07. The van der Waals surface area contributed by atoms with Crippen LogP contribution in [0.4, 0.5) is 0 Å². The van der Waals surface area contributed by atoms with Crippen molar-refractivity contribution in [1.29, 1.82) is 5.26 Å². The zero-order chi connectivity index (χ0) is 11.8. The number of nitriles is 1. The van der Waals surface area contributed by atoms with E-state index in [0.717, 1.165) is 17.9 Å². The topological polar surface area (TPSA) is 69.2 Å². The van der Waals surface area contributed by atoms with Gasteiger partial charge in [0.1, 0.15) is 11.8 Å². The van der Waals surface area contributed by atoms with E-state index in [1.807, 2.05) is 12.3 Å². The van der Waals surface area contributed by atoms with Crippen LogP contribution >= 0.6 is 11.8 Å². The third-order valence-corrected chi connectivity index (χ3v) is 2.92. The summed E-state index contributed by atoms with van der Waals surface area (Å²) in [4.78, 5) is 0. The number of hydrogen-bond acceptors (Lipinski definition) is 5. The van der Waals surface area contributed by atoms with Crippen LogP contribution in [0.2, 0.25) is 0 Å². The zero-order valence-electron chi connectivity index (χ0n) is 9.27. The SMILES string of the molecule is CSCC(CCO)NCc1ccc(C#N)o1. The molecule has 1 heterocycles. The smallest absolute Gasteiger partial charge is 0.203 e. The predicted octanol–water partition coefficient (Wildman–Crippen LogP) is 1.35. The fourth-order valence-electron chi connectivity index (χ4n) is 1.38. The van der Waals surface area contributed by atoms with Gasteiger partial charge in [0.2, 0.25) is 5.76 Å². The van der Waals surface area contributed by atoms with Crippen molar-refractivity contribution in [1.82, 2.24) is 5.32 Å². The first-order valence-corrected chi connectivity index (χ1v) is 6.51. The predicted molar refractivity (Wildman–Crippen MR) is 64.1 cm³/mol. The van der Waals surface area contributed by atoms with Crippen LogP contribution in [-0.4, -0.2) is 29.8 Å². The van der Waals surface area contributed by atoms with Gasteiger partial charge in [-0.3, -0.25) is 0 Å². The summed E-state index contributed by atoms with van der Waals surface area (Å²) in [6.45, 7) is 0.771. The molecule has 0 radical (unpaired) electrons. The lowest BCUT2D eigenvalue weighted by Crippen LogP contribution is -2.31. The van der Waals surface area contributed by atoms with Gasteiger partial charge in [-0.2, -0.15) is 17.0 Å². The molecule has 1 aromatic rings. The molecule has 5 heteroatoms. The van der Waals surface area contributed by atoms with E-state index in [0.29, 0.717) is 12.3 Å². The van der Waals surface area contributed by atoms with Crippen molar-refractivity contribution >= 4 is 11.8 Å². The van der Waals surface area contributed by atoms with Gasteiger partial charge in [0.15, 0.2) is 0 Å². The van der Waals surface area contributed by atoms with E-state index in [1.54, 1.807) is 23.9 Å². The number of furan rings is 1. The molecular formula is C11H16N2O2S.